The van der Waals surface area contributed by atoms with E-state index in [1.807, 2.05) is 24.3 Å². The predicted molar refractivity (Wildman–Crippen MR) is 119 cm³/mol. The molecule has 2 amide bonds. The second kappa shape index (κ2) is 9.26. The molecule has 2 aromatic rings. The summed E-state index contributed by atoms with van der Waals surface area (Å²) in [4.78, 5) is 37.1. The largest absolute Gasteiger partial charge is 0.480 e. The van der Waals surface area contributed by atoms with Crippen molar-refractivity contribution in [3.8, 4) is 11.1 Å². The van der Waals surface area contributed by atoms with Crippen LogP contribution >= 0.6 is 0 Å². The van der Waals surface area contributed by atoms with Crippen LogP contribution in [0.25, 0.3) is 11.1 Å². The second-order valence-corrected chi connectivity index (χ2v) is 8.24. The number of hydrogen-bond donors (Lipinski definition) is 2. The normalized spacial score (nSPS) is 18.6. The number of aliphatic carboxylic acids is 1. The fraction of sp³-hybridized carbons (Fsp3) is 0.320. The Kier molecular flexibility index (Phi) is 6.25. The number of rotatable bonds is 8. The van der Waals surface area contributed by atoms with Gasteiger partial charge in [-0.15, -0.1) is 6.58 Å². The minimum Gasteiger partial charge on any atom is -0.480 e. The van der Waals surface area contributed by atoms with Crippen LogP contribution in [0.5, 0.6) is 0 Å². The topological polar surface area (TPSA) is 95.9 Å². The molecule has 2 aromatic carbocycles. The Morgan fingerprint density at radius 3 is 2.22 bits per heavy atom. The quantitative estimate of drug-likeness (QED) is 0.621. The van der Waals surface area contributed by atoms with E-state index in [2.05, 4.69) is 36.2 Å². The van der Waals surface area contributed by atoms with Gasteiger partial charge in [-0.05, 0) is 35.1 Å². The molecule has 0 bridgehead atoms. The first-order valence-electron chi connectivity index (χ1n) is 10.7. The average molecular weight is 434 g/mol. The van der Waals surface area contributed by atoms with Crippen LogP contribution in [0.3, 0.4) is 0 Å². The fourth-order valence-corrected chi connectivity index (χ4v) is 4.55. The highest BCUT2D eigenvalue weighted by Gasteiger charge is 2.38. The van der Waals surface area contributed by atoms with Crippen LogP contribution in [0, 0.1) is 5.92 Å². The van der Waals surface area contributed by atoms with Gasteiger partial charge < -0.3 is 20.1 Å². The van der Waals surface area contributed by atoms with Crippen molar-refractivity contribution < 1.29 is 24.2 Å². The monoisotopic (exact) mass is 434 g/mol. The number of benzene rings is 2. The number of fused-ring (bicyclic) bond motifs is 3. The molecule has 1 fully saturated rings. The van der Waals surface area contributed by atoms with Gasteiger partial charge in [0.05, 0.1) is 0 Å². The molecule has 4 rings (SSSR count). The van der Waals surface area contributed by atoms with Crippen LogP contribution in [0.4, 0.5) is 4.79 Å². The molecule has 2 aliphatic carbocycles. The molecule has 0 atom stereocenters. The number of amides is 2. The summed E-state index contributed by atoms with van der Waals surface area (Å²) in [5.41, 5.74) is 4.64. The molecular formula is C25H26N2O5. The third kappa shape index (κ3) is 4.37. The van der Waals surface area contributed by atoms with Crippen molar-refractivity contribution in [3.05, 3.63) is 72.3 Å². The van der Waals surface area contributed by atoms with E-state index in [9.17, 15) is 14.4 Å². The molecule has 0 unspecified atom stereocenters. The van der Waals surface area contributed by atoms with Gasteiger partial charge in [0.1, 0.15) is 13.2 Å². The van der Waals surface area contributed by atoms with Gasteiger partial charge in [-0.2, -0.15) is 0 Å². The van der Waals surface area contributed by atoms with Crippen molar-refractivity contribution in [1.82, 2.24) is 10.2 Å². The first kappa shape index (κ1) is 21.6. The van der Waals surface area contributed by atoms with Crippen LogP contribution in [0.15, 0.2) is 61.2 Å². The Labute approximate surface area is 186 Å². The Morgan fingerprint density at radius 2 is 1.66 bits per heavy atom. The summed E-state index contributed by atoms with van der Waals surface area (Å²) in [7, 11) is 0. The van der Waals surface area contributed by atoms with E-state index in [-0.39, 0.29) is 43.5 Å². The maximum Gasteiger partial charge on any atom is 0.407 e. The molecule has 0 aliphatic heterocycles. The van der Waals surface area contributed by atoms with Crippen LogP contribution in [0.2, 0.25) is 0 Å². The van der Waals surface area contributed by atoms with Crippen molar-refractivity contribution in [3.63, 3.8) is 0 Å². The molecule has 0 heterocycles. The standard InChI is InChI=1S/C25H26N2O5/c1-2-11-27(14-23(28)29)24(30)16-12-17(13-16)26-25(31)32-15-22-20-9-5-3-7-18(20)19-8-4-6-10-21(19)22/h2-10,16-17,22H,1,11-15H2,(H,26,31)(H,28,29). The Morgan fingerprint density at radius 1 is 1.06 bits per heavy atom. The van der Waals surface area contributed by atoms with Gasteiger partial charge in [0.15, 0.2) is 0 Å². The smallest absolute Gasteiger partial charge is 0.407 e. The van der Waals surface area contributed by atoms with Gasteiger partial charge in [-0.25, -0.2) is 4.79 Å². The molecule has 2 N–H and O–H groups in total. The van der Waals surface area contributed by atoms with E-state index in [4.69, 9.17) is 9.84 Å². The van der Waals surface area contributed by atoms with Gasteiger partial charge in [0.2, 0.25) is 5.91 Å². The zero-order valence-corrected chi connectivity index (χ0v) is 17.7. The maximum absolute atomic E-state index is 12.5. The molecule has 0 spiro atoms. The van der Waals surface area contributed by atoms with Crippen molar-refractivity contribution in [2.75, 3.05) is 19.7 Å². The highest BCUT2D eigenvalue weighted by atomic mass is 16.5. The lowest BCUT2D eigenvalue weighted by atomic mass is 9.79. The van der Waals surface area contributed by atoms with E-state index in [0.29, 0.717) is 12.8 Å². The number of ether oxygens (including phenoxy) is 1. The van der Waals surface area contributed by atoms with Crippen molar-refractivity contribution >= 4 is 18.0 Å². The van der Waals surface area contributed by atoms with Gasteiger partial charge in [0, 0.05) is 24.4 Å². The predicted octanol–water partition coefficient (Wildman–Crippen LogP) is 3.40. The van der Waals surface area contributed by atoms with E-state index >= 15 is 0 Å². The molecule has 7 heteroatoms. The summed E-state index contributed by atoms with van der Waals surface area (Å²) < 4.78 is 5.54. The maximum atomic E-state index is 12.5. The number of carboxylic acid groups (broad SMARTS) is 1. The van der Waals surface area contributed by atoms with Gasteiger partial charge in [-0.1, -0.05) is 54.6 Å². The zero-order chi connectivity index (χ0) is 22.7. The highest BCUT2D eigenvalue weighted by molar-refractivity contribution is 5.84. The fourth-order valence-electron chi connectivity index (χ4n) is 4.55. The second-order valence-electron chi connectivity index (χ2n) is 8.24. The van der Waals surface area contributed by atoms with Crippen molar-refractivity contribution in [2.45, 2.75) is 24.8 Å². The Bertz CT molecular complexity index is 999. The SMILES string of the molecule is C=CCN(CC(=O)O)C(=O)C1CC(NC(=O)OCC2c3ccccc3-c3ccccc32)C1. The van der Waals surface area contributed by atoms with Gasteiger partial charge >= 0.3 is 12.1 Å². The molecule has 0 radical (unpaired) electrons. The summed E-state index contributed by atoms with van der Waals surface area (Å²) in [5, 5.41) is 11.8. The summed E-state index contributed by atoms with van der Waals surface area (Å²) in [6.45, 7) is 3.64. The Balaban J connectivity index is 1.28. The third-order valence-electron chi connectivity index (χ3n) is 6.14. The average Bonchev–Trinajstić information content (AvgIpc) is 3.07. The van der Waals surface area contributed by atoms with E-state index in [1.165, 1.54) is 22.1 Å². The number of hydrogen-bond acceptors (Lipinski definition) is 4. The number of nitrogens with one attached hydrogen (secondary N) is 1. The van der Waals surface area contributed by atoms with Crippen LogP contribution in [0.1, 0.15) is 29.9 Å². The zero-order valence-electron chi connectivity index (χ0n) is 17.7. The van der Waals surface area contributed by atoms with E-state index < -0.39 is 12.1 Å². The van der Waals surface area contributed by atoms with Crippen LogP contribution < -0.4 is 5.32 Å². The number of carbonyl (C=O) groups is 3. The van der Waals surface area contributed by atoms with Gasteiger partial charge in [0.25, 0.3) is 0 Å². The molecule has 166 valence electrons. The molecule has 1 saturated carbocycles. The first-order chi connectivity index (χ1) is 15.5. The molecule has 0 saturated heterocycles. The lowest BCUT2D eigenvalue weighted by Gasteiger charge is -2.37. The summed E-state index contributed by atoms with van der Waals surface area (Å²) in [5.74, 6) is -1.59. The molecule has 2 aliphatic rings. The van der Waals surface area contributed by atoms with Crippen LogP contribution in [-0.2, 0) is 14.3 Å². The van der Waals surface area contributed by atoms with Crippen LogP contribution in [-0.4, -0.2) is 53.7 Å². The molecular weight excluding hydrogens is 408 g/mol. The number of carboxylic acids is 1. The molecule has 7 nitrogen and oxygen atoms in total. The minimum atomic E-state index is -1.06. The minimum absolute atomic E-state index is 0.00709. The number of nitrogens with zero attached hydrogens (tertiary/aromatic N) is 1. The summed E-state index contributed by atoms with van der Waals surface area (Å²) in [6.07, 6.45) is 1.94. The molecule has 0 aromatic heterocycles. The van der Waals surface area contributed by atoms with Gasteiger partial charge in [-0.3, -0.25) is 9.59 Å². The lowest BCUT2D eigenvalue weighted by molar-refractivity contribution is -0.147. The van der Waals surface area contributed by atoms with E-state index in [0.717, 1.165) is 11.1 Å². The number of alkyl carbamates (subject to hydrolysis) is 1. The summed E-state index contributed by atoms with van der Waals surface area (Å²) >= 11 is 0. The third-order valence-corrected chi connectivity index (χ3v) is 6.14. The highest BCUT2D eigenvalue weighted by Crippen LogP contribution is 2.44. The van der Waals surface area contributed by atoms with Crippen molar-refractivity contribution in [2.24, 2.45) is 5.92 Å². The lowest BCUT2D eigenvalue weighted by Crippen LogP contribution is -2.51. The first-order valence-corrected chi connectivity index (χ1v) is 10.7. The van der Waals surface area contributed by atoms with Crippen molar-refractivity contribution in [1.29, 1.82) is 0 Å². The number of carbonyl (C=O) groups excluding carboxylic acids is 2. The Hall–Kier alpha value is -3.61. The molecule has 32 heavy (non-hydrogen) atoms. The summed E-state index contributed by atoms with van der Waals surface area (Å²) in [6, 6.07) is 16.1. The van der Waals surface area contributed by atoms with E-state index in [1.54, 1.807) is 0 Å².